The molecule has 5 atom stereocenters. The van der Waals surface area contributed by atoms with Gasteiger partial charge in [0, 0.05) is 0 Å². The van der Waals surface area contributed by atoms with Crippen molar-refractivity contribution >= 4 is 0 Å². The third kappa shape index (κ3) is 2.00. The zero-order valence-electron chi connectivity index (χ0n) is 8.08. The van der Waals surface area contributed by atoms with Crippen molar-refractivity contribution in [1.29, 1.82) is 0 Å². The summed E-state index contributed by atoms with van der Waals surface area (Å²) in [6, 6.07) is -0.293. The molecule has 13 heavy (non-hydrogen) atoms. The minimum Gasteiger partial charge on any atom is -0.388 e. The summed E-state index contributed by atoms with van der Waals surface area (Å²) in [6.45, 7) is 1.75. The molecule has 1 fully saturated rings. The van der Waals surface area contributed by atoms with E-state index in [1.54, 1.807) is 25.9 Å². The number of aliphatic hydroxyl groups is 3. The summed E-state index contributed by atoms with van der Waals surface area (Å²) in [4.78, 5) is 1.77. The number of nitrogens with zero attached hydrogens (tertiary/aromatic N) is 1. The third-order valence-electron chi connectivity index (χ3n) is 2.42. The SMILES string of the molecule is CC1OC(O)C(O)C(O)C1N(C)C. The predicted octanol–water partition coefficient (Wildman–Crippen LogP) is -1.62. The summed E-state index contributed by atoms with van der Waals surface area (Å²) in [7, 11) is 3.58. The van der Waals surface area contributed by atoms with Crippen LogP contribution in [-0.2, 0) is 4.74 Å². The van der Waals surface area contributed by atoms with E-state index in [9.17, 15) is 10.2 Å². The van der Waals surface area contributed by atoms with Gasteiger partial charge in [-0.05, 0) is 21.0 Å². The molecule has 1 aliphatic rings. The monoisotopic (exact) mass is 191 g/mol. The van der Waals surface area contributed by atoms with E-state index in [2.05, 4.69) is 0 Å². The molecule has 0 amide bonds. The predicted molar refractivity (Wildman–Crippen MR) is 46.0 cm³/mol. The van der Waals surface area contributed by atoms with Gasteiger partial charge in [-0.2, -0.15) is 0 Å². The summed E-state index contributed by atoms with van der Waals surface area (Å²) in [6.07, 6.45) is -3.80. The summed E-state index contributed by atoms with van der Waals surface area (Å²) in [5.74, 6) is 0. The van der Waals surface area contributed by atoms with Gasteiger partial charge in [0.2, 0.25) is 0 Å². The molecule has 3 N–H and O–H groups in total. The molecule has 5 nitrogen and oxygen atoms in total. The highest BCUT2D eigenvalue weighted by Gasteiger charge is 2.42. The molecule has 0 spiro atoms. The second kappa shape index (κ2) is 3.89. The largest absolute Gasteiger partial charge is 0.388 e. The van der Waals surface area contributed by atoms with Crippen molar-refractivity contribution < 1.29 is 20.1 Å². The number of hydrogen-bond donors (Lipinski definition) is 3. The fourth-order valence-electron chi connectivity index (χ4n) is 1.75. The Labute approximate surface area is 77.5 Å². The van der Waals surface area contributed by atoms with Gasteiger partial charge in [0.1, 0.15) is 12.2 Å². The minimum atomic E-state index is -1.29. The first-order chi connectivity index (χ1) is 5.95. The van der Waals surface area contributed by atoms with Gasteiger partial charge in [0.15, 0.2) is 6.29 Å². The Hall–Kier alpha value is -0.200. The van der Waals surface area contributed by atoms with Crippen LogP contribution in [-0.4, -0.2) is 65.0 Å². The van der Waals surface area contributed by atoms with Crippen LogP contribution in [0.15, 0.2) is 0 Å². The molecule has 1 saturated heterocycles. The molecule has 0 aromatic heterocycles. The average molecular weight is 191 g/mol. The Bertz CT molecular complexity index is 176. The van der Waals surface area contributed by atoms with Crippen molar-refractivity contribution in [2.75, 3.05) is 14.1 Å². The van der Waals surface area contributed by atoms with Gasteiger partial charge < -0.3 is 25.0 Å². The van der Waals surface area contributed by atoms with E-state index in [1.807, 2.05) is 0 Å². The number of likely N-dealkylation sites (N-methyl/N-ethyl adjacent to an activating group) is 1. The molecule has 5 unspecified atom stereocenters. The van der Waals surface area contributed by atoms with Crippen molar-refractivity contribution in [2.45, 2.75) is 37.6 Å². The Morgan fingerprint density at radius 1 is 1.08 bits per heavy atom. The highest BCUT2D eigenvalue weighted by molar-refractivity contribution is 4.91. The van der Waals surface area contributed by atoms with Gasteiger partial charge in [0.05, 0.1) is 12.1 Å². The van der Waals surface area contributed by atoms with Crippen LogP contribution in [0.2, 0.25) is 0 Å². The van der Waals surface area contributed by atoms with Crippen molar-refractivity contribution in [3.05, 3.63) is 0 Å². The lowest BCUT2D eigenvalue weighted by Gasteiger charge is -2.42. The molecular formula is C8H17NO4. The van der Waals surface area contributed by atoms with Gasteiger partial charge >= 0.3 is 0 Å². The molecular weight excluding hydrogens is 174 g/mol. The molecule has 78 valence electrons. The van der Waals surface area contributed by atoms with Gasteiger partial charge in [0.25, 0.3) is 0 Å². The molecule has 5 heteroatoms. The quantitative estimate of drug-likeness (QED) is 0.464. The summed E-state index contributed by atoms with van der Waals surface area (Å²) in [5, 5.41) is 28.1. The molecule has 1 aliphatic heterocycles. The minimum absolute atomic E-state index is 0.293. The zero-order valence-corrected chi connectivity index (χ0v) is 8.08. The first kappa shape index (κ1) is 10.9. The summed E-state index contributed by atoms with van der Waals surface area (Å²) in [5.41, 5.74) is 0. The summed E-state index contributed by atoms with van der Waals surface area (Å²) >= 11 is 0. The van der Waals surface area contributed by atoms with E-state index < -0.39 is 18.5 Å². The van der Waals surface area contributed by atoms with Crippen molar-refractivity contribution in [3.63, 3.8) is 0 Å². The fraction of sp³-hybridized carbons (Fsp3) is 1.00. The van der Waals surface area contributed by atoms with Crippen LogP contribution in [0.5, 0.6) is 0 Å². The highest BCUT2D eigenvalue weighted by Crippen LogP contribution is 2.22. The zero-order chi connectivity index (χ0) is 10.2. The second-order valence-corrected chi connectivity index (χ2v) is 3.67. The molecule has 0 saturated carbocycles. The van der Waals surface area contributed by atoms with Crippen molar-refractivity contribution in [3.8, 4) is 0 Å². The first-order valence-electron chi connectivity index (χ1n) is 4.31. The lowest BCUT2D eigenvalue weighted by atomic mass is 9.96. The topological polar surface area (TPSA) is 73.2 Å². The van der Waals surface area contributed by atoms with Crippen molar-refractivity contribution in [2.24, 2.45) is 0 Å². The number of hydrogen-bond acceptors (Lipinski definition) is 5. The lowest BCUT2D eigenvalue weighted by molar-refractivity contribution is -0.263. The van der Waals surface area contributed by atoms with E-state index in [1.165, 1.54) is 0 Å². The molecule has 1 rings (SSSR count). The maximum Gasteiger partial charge on any atom is 0.183 e. The molecule has 0 aromatic carbocycles. The van der Waals surface area contributed by atoms with Gasteiger partial charge in [-0.1, -0.05) is 0 Å². The Morgan fingerprint density at radius 3 is 2.08 bits per heavy atom. The van der Waals surface area contributed by atoms with Crippen LogP contribution in [0.25, 0.3) is 0 Å². The third-order valence-corrected chi connectivity index (χ3v) is 2.42. The van der Waals surface area contributed by atoms with E-state index >= 15 is 0 Å². The van der Waals surface area contributed by atoms with E-state index in [-0.39, 0.29) is 12.1 Å². The Kier molecular flexibility index (Phi) is 3.26. The van der Waals surface area contributed by atoms with Gasteiger partial charge in [-0.25, -0.2) is 0 Å². The average Bonchev–Trinajstić information content (AvgIpc) is 1.99. The standard InChI is InChI=1S/C8H17NO4/c1-4-5(9(2)3)6(10)7(11)8(12)13-4/h4-8,10-12H,1-3H3. The normalized spacial score (nSPS) is 46.8. The first-order valence-corrected chi connectivity index (χ1v) is 4.31. The molecule has 0 radical (unpaired) electrons. The summed E-state index contributed by atoms with van der Waals surface area (Å²) < 4.78 is 5.05. The smallest absolute Gasteiger partial charge is 0.183 e. The fourth-order valence-corrected chi connectivity index (χ4v) is 1.75. The van der Waals surface area contributed by atoms with Crippen LogP contribution in [0.1, 0.15) is 6.92 Å². The maximum atomic E-state index is 9.62. The number of ether oxygens (including phenoxy) is 1. The number of aliphatic hydroxyl groups excluding tert-OH is 3. The molecule has 0 aliphatic carbocycles. The van der Waals surface area contributed by atoms with E-state index in [4.69, 9.17) is 9.84 Å². The van der Waals surface area contributed by atoms with Crippen LogP contribution in [0.3, 0.4) is 0 Å². The van der Waals surface area contributed by atoms with Crippen LogP contribution < -0.4 is 0 Å². The highest BCUT2D eigenvalue weighted by atomic mass is 16.6. The van der Waals surface area contributed by atoms with Gasteiger partial charge in [-0.15, -0.1) is 0 Å². The van der Waals surface area contributed by atoms with E-state index in [0.29, 0.717) is 0 Å². The van der Waals surface area contributed by atoms with E-state index in [0.717, 1.165) is 0 Å². The van der Waals surface area contributed by atoms with Crippen molar-refractivity contribution in [1.82, 2.24) is 4.90 Å². The Balaban J connectivity index is 2.73. The molecule has 1 heterocycles. The number of rotatable bonds is 1. The van der Waals surface area contributed by atoms with Gasteiger partial charge in [-0.3, -0.25) is 0 Å². The Morgan fingerprint density at radius 2 is 1.62 bits per heavy atom. The second-order valence-electron chi connectivity index (χ2n) is 3.67. The molecule has 0 aromatic rings. The van der Waals surface area contributed by atoms with Crippen LogP contribution >= 0.6 is 0 Å². The van der Waals surface area contributed by atoms with Crippen LogP contribution in [0.4, 0.5) is 0 Å². The molecule has 0 bridgehead atoms. The maximum absolute atomic E-state index is 9.62. The lowest BCUT2D eigenvalue weighted by Crippen LogP contribution is -2.61. The van der Waals surface area contributed by atoms with Crippen LogP contribution in [0, 0.1) is 0 Å².